The Morgan fingerprint density at radius 1 is 1.24 bits per heavy atom. The first kappa shape index (κ1) is 18.0. The number of fused-ring (bicyclic) bond motifs is 2. The average molecular weight is 392 g/mol. The van der Waals surface area contributed by atoms with Gasteiger partial charge in [-0.3, -0.25) is 4.79 Å². The van der Waals surface area contributed by atoms with Gasteiger partial charge in [-0.05, 0) is 55.5 Å². The maximum Gasteiger partial charge on any atom is 0.254 e. The lowest BCUT2D eigenvalue weighted by molar-refractivity contribution is 0.0736. The normalized spacial score (nSPS) is 15.1. The fraction of sp³-hybridized carbons (Fsp3) is 0.409. The molecule has 0 unspecified atom stereocenters. The highest BCUT2D eigenvalue weighted by molar-refractivity contribution is 5.95. The molecule has 3 aromatic rings. The van der Waals surface area contributed by atoms with Gasteiger partial charge >= 0.3 is 0 Å². The van der Waals surface area contributed by atoms with E-state index in [1.807, 2.05) is 17.0 Å². The number of nitrogens with zero attached hydrogens (tertiary/aromatic N) is 4. The van der Waals surface area contributed by atoms with Crippen molar-refractivity contribution in [2.45, 2.75) is 39.3 Å². The number of aromatic nitrogens is 3. The molecule has 5 rings (SSSR count). The predicted molar refractivity (Wildman–Crippen MR) is 108 cm³/mol. The van der Waals surface area contributed by atoms with Crippen LogP contribution >= 0.6 is 0 Å². The molecule has 1 fully saturated rings. The van der Waals surface area contributed by atoms with E-state index in [9.17, 15) is 4.79 Å². The number of hydrogen-bond donors (Lipinski definition) is 0. The largest absolute Gasteiger partial charge is 0.454 e. The summed E-state index contributed by atoms with van der Waals surface area (Å²) in [5, 5.41) is 0. The number of carbonyl (C=O) groups excluding carboxylic acids is 1. The fourth-order valence-corrected chi connectivity index (χ4v) is 3.78. The van der Waals surface area contributed by atoms with Crippen LogP contribution in [0.4, 0.5) is 0 Å². The molecule has 1 amide bonds. The number of ether oxygens (including phenoxy) is 2. The van der Waals surface area contributed by atoms with Gasteiger partial charge in [0.05, 0.1) is 6.54 Å². The number of benzene rings is 1. The smallest absolute Gasteiger partial charge is 0.254 e. The van der Waals surface area contributed by atoms with Crippen LogP contribution in [-0.2, 0) is 13.1 Å². The number of pyridine rings is 1. The van der Waals surface area contributed by atoms with Crippen molar-refractivity contribution in [3.05, 3.63) is 47.9 Å². The highest BCUT2D eigenvalue weighted by Crippen LogP contribution is 2.34. The minimum atomic E-state index is -0.0249. The fourth-order valence-electron chi connectivity index (χ4n) is 3.78. The lowest BCUT2D eigenvalue weighted by Gasteiger charge is -2.22. The Morgan fingerprint density at radius 3 is 2.93 bits per heavy atom. The summed E-state index contributed by atoms with van der Waals surface area (Å²) >= 11 is 0. The molecule has 0 bridgehead atoms. The molecule has 0 radical (unpaired) electrons. The van der Waals surface area contributed by atoms with E-state index in [-0.39, 0.29) is 12.7 Å². The van der Waals surface area contributed by atoms with E-state index >= 15 is 0 Å². The molecule has 2 aromatic heterocycles. The zero-order valence-electron chi connectivity index (χ0n) is 16.5. The van der Waals surface area contributed by atoms with Gasteiger partial charge in [-0.25, -0.2) is 9.97 Å². The number of imidazole rings is 1. The second kappa shape index (κ2) is 7.39. The van der Waals surface area contributed by atoms with Crippen molar-refractivity contribution in [2.24, 2.45) is 5.92 Å². The number of carbonyl (C=O) groups is 1. The van der Waals surface area contributed by atoms with Crippen LogP contribution in [0.1, 0.15) is 42.4 Å². The van der Waals surface area contributed by atoms with Crippen molar-refractivity contribution in [2.75, 3.05) is 13.3 Å². The summed E-state index contributed by atoms with van der Waals surface area (Å²) in [4.78, 5) is 24.5. The van der Waals surface area contributed by atoms with Gasteiger partial charge < -0.3 is 18.9 Å². The molecule has 150 valence electrons. The van der Waals surface area contributed by atoms with E-state index in [1.165, 1.54) is 12.8 Å². The van der Waals surface area contributed by atoms with Gasteiger partial charge in [0, 0.05) is 24.8 Å². The lowest BCUT2D eigenvalue weighted by Crippen LogP contribution is -2.32. The Kier molecular flexibility index (Phi) is 4.58. The quantitative estimate of drug-likeness (QED) is 0.614. The van der Waals surface area contributed by atoms with Crippen LogP contribution in [0.2, 0.25) is 0 Å². The van der Waals surface area contributed by atoms with Gasteiger partial charge in [0.2, 0.25) is 6.79 Å². The second-order valence-corrected chi connectivity index (χ2v) is 7.72. The van der Waals surface area contributed by atoms with Gasteiger partial charge in [-0.1, -0.05) is 6.92 Å². The molecule has 2 aliphatic rings. The monoisotopic (exact) mass is 392 g/mol. The van der Waals surface area contributed by atoms with E-state index < -0.39 is 0 Å². The van der Waals surface area contributed by atoms with Crippen LogP contribution < -0.4 is 9.47 Å². The first-order valence-corrected chi connectivity index (χ1v) is 10.2. The van der Waals surface area contributed by atoms with Crippen molar-refractivity contribution in [3.63, 3.8) is 0 Å². The van der Waals surface area contributed by atoms with Gasteiger partial charge in [0.15, 0.2) is 17.1 Å². The molecular formula is C22H24N4O3. The molecule has 0 N–H and O–H groups in total. The molecular weight excluding hydrogens is 368 g/mol. The third-order valence-corrected chi connectivity index (χ3v) is 5.45. The van der Waals surface area contributed by atoms with Crippen LogP contribution in [0.25, 0.3) is 11.2 Å². The minimum absolute atomic E-state index is 0.0249. The summed E-state index contributed by atoms with van der Waals surface area (Å²) in [5.74, 6) is 2.87. The summed E-state index contributed by atoms with van der Waals surface area (Å²) in [7, 11) is 0. The minimum Gasteiger partial charge on any atom is -0.454 e. The van der Waals surface area contributed by atoms with Crippen molar-refractivity contribution in [1.82, 2.24) is 19.4 Å². The zero-order valence-corrected chi connectivity index (χ0v) is 16.5. The van der Waals surface area contributed by atoms with Crippen LogP contribution in [0.15, 0.2) is 36.5 Å². The van der Waals surface area contributed by atoms with Crippen molar-refractivity contribution >= 4 is 17.1 Å². The topological polar surface area (TPSA) is 69.5 Å². The Hall–Kier alpha value is -3.09. The summed E-state index contributed by atoms with van der Waals surface area (Å²) < 4.78 is 13.0. The maximum atomic E-state index is 13.3. The van der Waals surface area contributed by atoms with E-state index in [1.54, 1.807) is 24.4 Å². The Balaban J connectivity index is 1.45. The standard InChI is InChI=1S/C22H24N4O3/c1-2-10-25(22(27)16-7-8-18-19(11-16)29-14-28-18)13-20-24-17-4-3-9-23-21(17)26(20)12-15-5-6-15/h3-4,7-9,11,15H,2,5-6,10,12-14H2,1H3. The molecule has 7 nitrogen and oxygen atoms in total. The SMILES string of the molecule is CCCN(Cc1nc2cccnc2n1CC1CC1)C(=O)c1ccc2c(c1)OCO2. The third-order valence-electron chi connectivity index (χ3n) is 5.45. The van der Waals surface area contributed by atoms with Crippen LogP contribution in [0, 0.1) is 5.92 Å². The molecule has 29 heavy (non-hydrogen) atoms. The highest BCUT2D eigenvalue weighted by Gasteiger charge is 2.26. The molecule has 1 aromatic carbocycles. The number of hydrogen-bond acceptors (Lipinski definition) is 5. The van der Waals surface area contributed by atoms with E-state index in [0.29, 0.717) is 36.1 Å². The molecule has 3 heterocycles. The molecule has 1 aliphatic heterocycles. The van der Waals surface area contributed by atoms with Gasteiger partial charge in [0.25, 0.3) is 5.91 Å². The van der Waals surface area contributed by atoms with Crippen molar-refractivity contribution in [1.29, 1.82) is 0 Å². The second-order valence-electron chi connectivity index (χ2n) is 7.72. The summed E-state index contributed by atoms with van der Waals surface area (Å²) in [6.45, 7) is 4.32. The van der Waals surface area contributed by atoms with Gasteiger partial charge in [-0.15, -0.1) is 0 Å². The third kappa shape index (κ3) is 3.52. The van der Waals surface area contributed by atoms with E-state index in [4.69, 9.17) is 14.5 Å². The van der Waals surface area contributed by atoms with Gasteiger partial charge in [-0.2, -0.15) is 0 Å². The molecule has 1 aliphatic carbocycles. The summed E-state index contributed by atoms with van der Waals surface area (Å²) in [6.07, 6.45) is 5.18. The van der Waals surface area contributed by atoms with E-state index in [2.05, 4.69) is 16.5 Å². The Bertz CT molecular complexity index is 1060. The van der Waals surface area contributed by atoms with Gasteiger partial charge in [0.1, 0.15) is 11.3 Å². The number of rotatable bonds is 7. The molecule has 7 heteroatoms. The summed E-state index contributed by atoms with van der Waals surface area (Å²) in [6, 6.07) is 9.25. The van der Waals surface area contributed by atoms with Crippen molar-refractivity contribution < 1.29 is 14.3 Å². The first-order valence-electron chi connectivity index (χ1n) is 10.2. The van der Waals surface area contributed by atoms with Crippen LogP contribution in [-0.4, -0.2) is 38.7 Å². The molecule has 0 atom stereocenters. The predicted octanol–water partition coefficient (Wildman–Crippen LogP) is 3.62. The van der Waals surface area contributed by atoms with Crippen LogP contribution in [0.3, 0.4) is 0 Å². The maximum absolute atomic E-state index is 13.3. The highest BCUT2D eigenvalue weighted by atomic mass is 16.7. The number of amides is 1. The molecule has 0 saturated heterocycles. The Labute approximate surface area is 169 Å². The van der Waals surface area contributed by atoms with Crippen molar-refractivity contribution in [3.8, 4) is 11.5 Å². The molecule has 1 saturated carbocycles. The lowest BCUT2D eigenvalue weighted by atomic mass is 10.1. The van der Waals surface area contributed by atoms with E-state index in [0.717, 1.165) is 30.0 Å². The summed E-state index contributed by atoms with van der Waals surface area (Å²) in [5.41, 5.74) is 2.39. The molecule has 0 spiro atoms. The van der Waals surface area contributed by atoms with Crippen LogP contribution in [0.5, 0.6) is 11.5 Å². The average Bonchev–Trinajstić information content (AvgIpc) is 3.32. The zero-order chi connectivity index (χ0) is 19.8. The Morgan fingerprint density at radius 2 is 2.10 bits per heavy atom. The first-order chi connectivity index (χ1) is 14.2.